The molecule has 0 spiro atoms. The highest BCUT2D eigenvalue weighted by atomic mass is 16.5. The number of benzene rings is 1. The quantitative estimate of drug-likeness (QED) is 0.824. The highest BCUT2D eigenvalue weighted by molar-refractivity contribution is 5.39. The molecule has 1 aliphatic heterocycles. The van der Waals surface area contributed by atoms with Crippen LogP contribution in [-0.2, 0) is 0 Å². The molecule has 1 heterocycles. The third-order valence-corrected chi connectivity index (χ3v) is 3.86. The Morgan fingerprint density at radius 2 is 2.10 bits per heavy atom. The number of nitrogens with one attached hydrogen (secondary N) is 1. The summed E-state index contributed by atoms with van der Waals surface area (Å²) in [7, 11) is 2.13. The van der Waals surface area contributed by atoms with Crippen molar-refractivity contribution in [2.24, 2.45) is 0 Å². The lowest BCUT2D eigenvalue weighted by Gasteiger charge is -2.18. The van der Waals surface area contributed by atoms with Gasteiger partial charge in [0.05, 0.1) is 0 Å². The number of rotatable bonds is 6. The number of aliphatic hydroxyl groups excluding tert-OH is 1. The number of ether oxygens (including phenoxy) is 1. The molecule has 2 unspecified atom stereocenters. The minimum absolute atomic E-state index is 0.335. The molecule has 0 aliphatic carbocycles. The molecule has 1 saturated heterocycles. The van der Waals surface area contributed by atoms with Gasteiger partial charge in [0.25, 0.3) is 0 Å². The predicted octanol–water partition coefficient (Wildman–Crippen LogP) is 1.34. The molecule has 1 aromatic carbocycles. The molecule has 112 valence electrons. The van der Waals surface area contributed by atoms with E-state index < -0.39 is 6.10 Å². The molecule has 2 rings (SSSR count). The van der Waals surface area contributed by atoms with Crippen LogP contribution in [0.2, 0.25) is 0 Å². The van der Waals surface area contributed by atoms with Gasteiger partial charge in [-0.25, -0.2) is 0 Å². The van der Waals surface area contributed by atoms with Gasteiger partial charge < -0.3 is 20.1 Å². The first-order chi connectivity index (χ1) is 9.56. The largest absolute Gasteiger partial charge is 0.490 e. The fourth-order valence-electron chi connectivity index (χ4n) is 2.67. The lowest BCUT2D eigenvalue weighted by Crippen LogP contribution is -2.39. The number of hydrogen-bond donors (Lipinski definition) is 2. The third kappa shape index (κ3) is 4.20. The van der Waals surface area contributed by atoms with E-state index in [1.807, 2.05) is 32.0 Å². The summed E-state index contributed by atoms with van der Waals surface area (Å²) in [5.74, 6) is 0.896. The van der Waals surface area contributed by atoms with E-state index in [9.17, 15) is 5.11 Å². The number of likely N-dealkylation sites (tertiary alicyclic amines) is 1. The van der Waals surface area contributed by atoms with Gasteiger partial charge in [-0.2, -0.15) is 0 Å². The van der Waals surface area contributed by atoms with Crippen LogP contribution in [0.4, 0.5) is 0 Å². The molecule has 0 bridgehead atoms. The molecular weight excluding hydrogens is 252 g/mol. The Bertz CT molecular complexity index is 416. The Kier molecular flexibility index (Phi) is 5.40. The summed E-state index contributed by atoms with van der Waals surface area (Å²) in [5.41, 5.74) is 2.23. The first-order valence-corrected chi connectivity index (χ1v) is 7.35. The second-order valence-electron chi connectivity index (χ2n) is 5.84. The Balaban J connectivity index is 1.73. The maximum Gasteiger partial charge on any atom is 0.125 e. The molecule has 0 radical (unpaired) electrons. The molecular formula is C16H26N2O2. The van der Waals surface area contributed by atoms with Gasteiger partial charge in [0.2, 0.25) is 0 Å². The molecule has 0 amide bonds. The van der Waals surface area contributed by atoms with Gasteiger partial charge in [0.15, 0.2) is 0 Å². The normalized spacial score (nSPS) is 21.1. The van der Waals surface area contributed by atoms with Gasteiger partial charge in [-0.05, 0) is 45.0 Å². The Hall–Kier alpha value is -1.10. The summed E-state index contributed by atoms with van der Waals surface area (Å²) in [6.07, 6.45) is 0.681. The highest BCUT2D eigenvalue weighted by Gasteiger charge is 2.19. The Morgan fingerprint density at radius 3 is 2.70 bits per heavy atom. The summed E-state index contributed by atoms with van der Waals surface area (Å²) in [6, 6.07) is 6.57. The van der Waals surface area contributed by atoms with Crippen LogP contribution in [0, 0.1) is 13.8 Å². The number of para-hydroxylation sites is 1. The molecule has 1 fully saturated rings. The number of aryl methyl sites for hydroxylation is 2. The van der Waals surface area contributed by atoms with E-state index >= 15 is 0 Å². The van der Waals surface area contributed by atoms with E-state index in [0.717, 1.165) is 36.4 Å². The lowest BCUT2D eigenvalue weighted by molar-refractivity contribution is 0.103. The summed E-state index contributed by atoms with van der Waals surface area (Å²) < 4.78 is 5.77. The van der Waals surface area contributed by atoms with Gasteiger partial charge in [0.1, 0.15) is 18.5 Å². The molecule has 1 aromatic rings. The van der Waals surface area contributed by atoms with Crippen LogP contribution < -0.4 is 10.1 Å². The molecule has 4 heteroatoms. The van der Waals surface area contributed by atoms with Crippen molar-refractivity contribution in [1.29, 1.82) is 0 Å². The van der Waals surface area contributed by atoms with Crippen molar-refractivity contribution in [3.63, 3.8) is 0 Å². The molecule has 2 N–H and O–H groups in total. The summed E-state index contributed by atoms with van der Waals surface area (Å²) in [5, 5.41) is 13.4. The van der Waals surface area contributed by atoms with Crippen LogP contribution in [0.3, 0.4) is 0 Å². The van der Waals surface area contributed by atoms with Crippen molar-refractivity contribution in [1.82, 2.24) is 10.2 Å². The van der Waals surface area contributed by atoms with E-state index in [-0.39, 0.29) is 0 Å². The van der Waals surface area contributed by atoms with Crippen LogP contribution >= 0.6 is 0 Å². The maximum absolute atomic E-state index is 10.0. The predicted molar refractivity (Wildman–Crippen MR) is 81.3 cm³/mol. The van der Waals surface area contributed by atoms with Crippen LogP contribution in [-0.4, -0.2) is 55.4 Å². The van der Waals surface area contributed by atoms with Crippen molar-refractivity contribution >= 4 is 0 Å². The van der Waals surface area contributed by atoms with Gasteiger partial charge >= 0.3 is 0 Å². The average Bonchev–Trinajstić information content (AvgIpc) is 2.82. The zero-order valence-corrected chi connectivity index (χ0v) is 12.7. The Morgan fingerprint density at radius 1 is 1.40 bits per heavy atom. The van der Waals surface area contributed by atoms with Crippen molar-refractivity contribution in [2.75, 3.05) is 33.3 Å². The van der Waals surface area contributed by atoms with Crippen molar-refractivity contribution in [3.8, 4) is 5.75 Å². The van der Waals surface area contributed by atoms with Crippen LogP contribution in [0.15, 0.2) is 18.2 Å². The maximum atomic E-state index is 10.0. The fourth-order valence-corrected chi connectivity index (χ4v) is 2.67. The third-order valence-electron chi connectivity index (χ3n) is 3.86. The standard InChI is InChI=1S/C16H26N2O2/c1-12-5-4-6-13(2)16(12)20-11-15(19)9-17-14-7-8-18(3)10-14/h4-6,14-15,17,19H,7-11H2,1-3H3. The summed E-state index contributed by atoms with van der Waals surface area (Å²) in [6.45, 7) is 7.17. The average molecular weight is 278 g/mol. The SMILES string of the molecule is Cc1cccc(C)c1OCC(O)CNC1CCN(C)C1. The number of likely N-dealkylation sites (N-methyl/N-ethyl adjacent to an activating group) is 1. The lowest BCUT2D eigenvalue weighted by atomic mass is 10.1. The van der Waals surface area contributed by atoms with Gasteiger partial charge in [-0.3, -0.25) is 0 Å². The molecule has 20 heavy (non-hydrogen) atoms. The van der Waals surface area contributed by atoms with Gasteiger partial charge in [0, 0.05) is 19.1 Å². The minimum atomic E-state index is -0.472. The van der Waals surface area contributed by atoms with E-state index in [1.165, 1.54) is 0 Å². The van der Waals surface area contributed by atoms with E-state index in [2.05, 4.69) is 17.3 Å². The van der Waals surface area contributed by atoms with Gasteiger partial charge in [-0.15, -0.1) is 0 Å². The Labute approximate surface area is 121 Å². The summed E-state index contributed by atoms with van der Waals surface area (Å²) in [4.78, 5) is 2.30. The number of nitrogens with zero attached hydrogens (tertiary/aromatic N) is 1. The minimum Gasteiger partial charge on any atom is -0.490 e. The van der Waals surface area contributed by atoms with Crippen molar-refractivity contribution in [2.45, 2.75) is 32.4 Å². The zero-order valence-electron chi connectivity index (χ0n) is 12.7. The number of aliphatic hydroxyl groups is 1. The van der Waals surface area contributed by atoms with E-state index in [0.29, 0.717) is 19.2 Å². The van der Waals surface area contributed by atoms with Gasteiger partial charge in [-0.1, -0.05) is 18.2 Å². The molecule has 0 aromatic heterocycles. The second kappa shape index (κ2) is 7.07. The van der Waals surface area contributed by atoms with E-state index in [4.69, 9.17) is 4.74 Å². The van der Waals surface area contributed by atoms with Crippen LogP contribution in [0.25, 0.3) is 0 Å². The van der Waals surface area contributed by atoms with E-state index in [1.54, 1.807) is 0 Å². The van der Waals surface area contributed by atoms with Crippen molar-refractivity contribution in [3.05, 3.63) is 29.3 Å². The monoisotopic (exact) mass is 278 g/mol. The van der Waals surface area contributed by atoms with Crippen LogP contribution in [0.1, 0.15) is 17.5 Å². The number of hydrogen-bond acceptors (Lipinski definition) is 4. The first kappa shape index (κ1) is 15.3. The molecule has 4 nitrogen and oxygen atoms in total. The first-order valence-electron chi connectivity index (χ1n) is 7.35. The zero-order chi connectivity index (χ0) is 14.5. The van der Waals surface area contributed by atoms with Crippen molar-refractivity contribution < 1.29 is 9.84 Å². The fraction of sp³-hybridized carbons (Fsp3) is 0.625. The topological polar surface area (TPSA) is 44.7 Å². The molecule has 1 aliphatic rings. The highest BCUT2D eigenvalue weighted by Crippen LogP contribution is 2.22. The van der Waals surface area contributed by atoms with Crippen LogP contribution in [0.5, 0.6) is 5.75 Å². The summed E-state index contributed by atoms with van der Waals surface area (Å²) >= 11 is 0. The molecule has 0 saturated carbocycles. The second-order valence-corrected chi connectivity index (χ2v) is 5.84. The molecule has 2 atom stereocenters. The smallest absolute Gasteiger partial charge is 0.125 e.